The van der Waals surface area contributed by atoms with E-state index in [0.717, 1.165) is 32.3 Å². The number of hydrogen-bond donors (Lipinski definition) is 0. The van der Waals surface area contributed by atoms with Gasteiger partial charge in [-0.2, -0.15) is 0 Å². The average Bonchev–Trinajstić information content (AvgIpc) is 3.44. The highest BCUT2D eigenvalue weighted by Crippen LogP contribution is 2.26. The molecule has 0 N–H and O–H groups in total. The number of furan rings is 2. The summed E-state index contributed by atoms with van der Waals surface area (Å²) in [5, 5.41) is 2.83. The minimum Gasteiger partial charge on any atom is -0.467 e. The van der Waals surface area contributed by atoms with Crippen LogP contribution in [-0.4, -0.2) is 15.8 Å². The monoisotopic (exact) mass is 456 g/mol. The summed E-state index contributed by atoms with van der Waals surface area (Å²) in [6.07, 6.45) is 3.44. The van der Waals surface area contributed by atoms with E-state index in [1.807, 2.05) is 53.9 Å². The summed E-state index contributed by atoms with van der Waals surface area (Å²) in [6.45, 7) is 0.768. The van der Waals surface area contributed by atoms with Crippen LogP contribution in [-0.2, 0) is 24.3 Å². The van der Waals surface area contributed by atoms with Gasteiger partial charge in [-0.15, -0.1) is 11.3 Å². The van der Waals surface area contributed by atoms with Crippen molar-refractivity contribution in [3.8, 4) is 10.6 Å². The predicted octanol–water partition coefficient (Wildman–Crippen LogP) is 5.53. The molecule has 0 fully saturated rings. The lowest BCUT2D eigenvalue weighted by atomic mass is 10.2. The topological polar surface area (TPSA) is 59.5 Å². The fourth-order valence-corrected chi connectivity index (χ4v) is 4.04. The number of thiazole rings is 1. The van der Waals surface area contributed by atoms with Crippen LogP contribution in [0.3, 0.4) is 0 Å². The molecule has 0 spiro atoms. The summed E-state index contributed by atoms with van der Waals surface area (Å²) >= 11 is 5.02. The Labute approximate surface area is 174 Å². The molecule has 1 aromatic carbocycles. The van der Waals surface area contributed by atoms with E-state index in [2.05, 4.69) is 20.9 Å². The second kappa shape index (κ2) is 8.58. The fourth-order valence-electron chi connectivity index (χ4n) is 2.82. The van der Waals surface area contributed by atoms with Gasteiger partial charge in [-0.05, 0) is 36.4 Å². The van der Waals surface area contributed by atoms with Gasteiger partial charge in [0.1, 0.15) is 16.5 Å². The quantitative estimate of drug-likeness (QED) is 0.366. The van der Waals surface area contributed by atoms with Crippen molar-refractivity contribution in [3.63, 3.8) is 0 Å². The number of nitrogens with zero attached hydrogens (tertiary/aromatic N) is 2. The first-order chi connectivity index (χ1) is 13.7. The minimum atomic E-state index is -0.0288. The van der Waals surface area contributed by atoms with Crippen LogP contribution in [0.15, 0.2) is 79.7 Å². The maximum absolute atomic E-state index is 13.0. The van der Waals surface area contributed by atoms with Crippen molar-refractivity contribution in [2.24, 2.45) is 0 Å². The highest BCUT2D eigenvalue weighted by Gasteiger charge is 2.19. The van der Waals surface area contributed by atoms with E-state index in [4.69, 9.17) is 8.83 Å². The van der Waals surface area contributed by atoms with E-state index in [1.54, 1.807) is 17.4 Å². The van der Waals surface area contributed by atoms with E-state index in [-0.39, 0.29) is 12.3 Å². The smallest absolute Gasteiger partial charge is 0.229 e. The lowest BCUT2D eigenvalue weighted by molar-refractivity contribution is -0.132. The molecular formula is C21H17BrN2O3S. The highest BCUT2D eigenvalue weighted by molar-refractivity contribution is 9.10. The van der Waals surface area contributed by atoms with Crippen molar-refractivity contribution < 1.29 is 13.6 Å². The van der Waals surface area contributed by atoms with Crippen LogP contribution < -0.4 is 0 Å². The Kier molecular flexibility index (Phi) is 5.73. The Hall–Kier alpha value is -2.64. The van der Waals surface area contributed by atoms with Gasteiger partial charge in [-0.25, -0.2) is 4.98 Å². The zero-order chi connectivity index (χ0) is 19.3. The Balaban J connectivity index is 1.49. The van der Waals surface area contributed by atoms with Crippen molar-refractivity contribution in [2.75, 3.05) is 0 Å². The van der Waals surface area contributed by atoms with Gasteiger partial charge >= 0.3 is 0 Å². The number of amides is 1. The molecule has 0 bridgehead atoms. The summed E-state index contributed by atoms with van der Waals surface area (Å²) in [6, 6.07) is 15.3. The highest BCUT2D eigenvalue weighted by atomic mass is 79.9. The fraction of sp³-hybridized carbons (Fsp3) is 0.143. The standard InChI is InChI=1S/C21H17BrN2O3S/c22-16-5-1-4-15(10-16)21-23-17(14-28-21)11-20(25)24(12-18-6-2-8-26-18)13-19-7-3-9-27-19/h1-10,14H,11-13H2. The van der Waals surface area contributed by atoms with Gasteiger partial charge in [0.05, 0.1) is 37.7 Å². The molecule has 0 aliphatic heterocycles. The average molecular weight is 457 g/mol. The van der Waals surface area contributed by atoms with Gasteiger partial charge in [-0.3, -0.25) is 4.79 Å². The minimum absolute atomic E-state index is 0.0288. The summed E-state index contributed by atoms with van der Waals surface area (Å²) in [5.74, 6) is 1.43. The predicted molar refractivity (Wildman–Crippen MR) is 111 cm³/mol. The van der Waals surface area contributed by atoms with Crippen molar-refractivity contribution in [1.29, 1.82) is 0 Å². The number of carbonyl (C=O) groups is 1. The molecular weight excluding hydrogens is 440 g/mol. The molecule has 0 saturated heterocycles. The second-order valence-corrected chi connectivity index (χ2v) is 8.01. The Morgan fingerprint density at radius 2 is 1.75 bits per heavy atom. The molecule has 3 heterocycles. The zero-order valence-electron chi connectivity index (χ0n) is 14.9. The summed E-state index contributed by atoms with van der Waals surface area (Å²) in [5.41, 5.74) is 1.79. The molecule has 4 aromatic rings. The Bertz CT molecular complexity index is 1010. The van der Waals surface area contributed by atoms with E-state index in [0.29, 0.717) is 13.1 Å². The first-order valence-electron chi connectivity index (χ1n) is 8.70. The number of benzene rings is 1. The van der Waals surface area contributed by atoms with Crippen LogP contribution in [0.5, 0.6) is 0 Å². The molecule has 0 unspecified atom stereocenters. The summed E-state index contributed by atoms with van der Waals surface area (Å²) < 4.78 is 11.8. The van der Waals surface area contributed by atoms with Gasteiger partial charge in [-0.1, -0.05) is 28.1 Å². The Morgan fingerprint density at radius 1 is 1.04 bits per heavy atom. The van der Waals surface area contributed by atoms with E-state index in [9.17, 15) is 4.79 Å². The molecule has 5 nitrogen and oxygen atoms in total. The van der Waals surface area contributed by atoms with Crippen LogP contribution in [0.1, 0.15) is 17.2 Å². The molecule has 0 aliphatic carbocycles. The number of aromatic nitrogens is 1. The molecule has 142 valence electrons. The lowest BCUT2D eigenvalue weighted by Crippen LogP contribution is -2.31. The number of halogens is 1. The third kappa shape index (κ3) is 4.61. The molecule has 4 rings (SSSR count). The molecule has 0 aliphatic rings. The molecule has 0 radical (unpaired) electrons. The largest absolute Gasteiger partial charge is 0.467 e. The second-order valence-electron chi connectivity index (χ2n) is 6.24. The lowest BCUT2D eigenvalue weighted by Gasteiger charge is -2.20. The van der Waals surface area contributed by atoms with Crippen molar-refractivity contribution in [1.82, 2.24) is 9.88 Å². The normalized spacial score (nSPS) is 10.9. The van der Waals surface area contributed by atoms with Gasteiger partial charge in [0.25, 0.3) is 0 Å². The van der Waals surface area contributed by atoms with E-state index < -0.39 is 0 Å². The van der Waals surface area contributed by atoms with Gasteiger partial charge in [0.15, 0.2) is 0 Å². The van der Waals surface area contributed by atoms with Crippen LogP contribution >= 0.6 is 27.3 Å². The van der Waals surface area contributed by atoms with E-state index in [1.165, 1.54) is 11.3 Å². The first-order valence-corrected chi connectivity index (χ1v) is 10.4. The van der Waals surface area contributed by atoms with Crippen LogP contribution in [0, 0.1) is 0 Å². The first kappa shape index (κ1) is 18.7. The molecule has 1 amide bonds. The van der Waals surface area contributed by atoms with Crippen molar-refractivity contribution in [2.45, 2.75) is 19.5 Å². The number of carbonyl (C=O) groups excluding carboxylic acids is 1. The number of rotatable bonds is 7. The summed E-state index contributed by atoms with van der Waals surface area (Å²) in [4.78, 5) is 19.3. The van der Waals surface area contributed by atoms with Crippen molar-refractivity contribution in [3.05, 3.63) is 88.1 Å². The number of hydrogen-bond acceptors (Lipinski definition) is 5. The maximum Gasteiger partial charge on any atom is 0.229 e. The van der Waals surface area contributed by atoms with Gasteiger partial charge in [0, 0.05) is 15.4 Å². The van der Waals surface area contributed by atoms with Gasteiger partial charge < -0.3 is 13.7 Å². The molecule has 0 saturated carbocycles. The third-order valence-electron chi connectivity index (χ3n) is 4.16. The molecule has 7 heteroatoms. The third-order valence-corrected chi connectivity index (χ3v) is 5.60. The molecule has 0 atom stereocenters. The van der Waals surface area contributed by atoms with E-state index >= 15 is 0 Å². The van der Waals surface area contributed by atoms with Crippen LogP contribution in [0.2, 0.25) is 0 Å². The summed E-state index contributed by atoms with van der Waals surface area (Å²) in [7, 11) is 0. The van der Waals surface area contributed by atoms with Gasteiger partial charge in [0.2, 0.25) is 5.91 Å². The maximum atomic E-state index is 13.0. The Morgan fingerprint density at radius 3 is 2.36 bits per heavy atom. The van der Waals surface area contributed by atoms with Crippen LogP contribution in [0.4, 0.5) is 0 Å². The zero-order valence-corrected chi connectivity index (χ0v) is 17.3. The SMILES string of the molecule is O=C(Cc1csc(-c2cccc(Br)c2)n1)N(Cc1ccco1)Cc1ccco1. The van der Waals surface area contributed by atoms with Crippen molar-refractivity contribution >= 4 is 33.2 Å². The molecule has 28 heavy (non-hydrogen) atoms. The van der Waals surface area contributed by atoms with Crippen LogP contribution in [0.25, 0.3) is 10.6 Å². The molecule has 3 aromatic heterocycles.